The zero-order valence-electron chi connectivity index (χ0n) is 38.1. The molecule has 4 atom stereocenters. The van der Waals surface area contributed by atoms with Crippen LogP contribution in [0.4, 0.5) is 0 Å². The highest BCUT2D eigenvalue weighted by molar-refractivity contribution is 7.48. The van der Waals surface area contributed by atoms with E-state index in [0.717, 1.165) is 38.9 Å². The van der Waals surface area contributed by atoms with Crippen LogP contribution in [0.1, 0.15) is 38.9 Å². The quantitative estimate of drug-likeness (QED) is 0.0381. The second-order valence-electron chi connectivity index (χ2n) is 16.3. The maximum Gasteiger partial charge on any atom is 0.476 e. The molecule has 0 N–H and O–H groups in total. The summed E-state index contributed by atoms with van der Waals surface area (Å²) in [5.74, 6) is 0. The fourth-order valence-electron chi connectivity index (χ4n) is 7.48. The fraction of sp³-hybridized carbons (Fsp3) is 0.214. The maximum absolute atomic E-state index is 15.3. The zero-order valence-corrected chi connectivity index (χ0v) is 39.9. The van der Waals surface area contributed by atoms with E-state index in [1.54, 1.807) is 6.08 Å². The number of hydrogen-bond acceptors (Lipinski definition) is 11. The van der Waals surface area contributed by atoms with E-state index >= 15 is 4.57 Å². The van der Waals surface area contributed by atoms with Gasteiger partial charge in [0, 0.05) is 0 Å². The Hall–Kier alpha value is -5.62. The van der Waals surface area contributed by atoms with Gasteiger partial charge in [-0.3, -0.25) is 27.1 Å². The van der Waals surface area contributed by atoms with Gasteiger partial charge in [0.15, 0.2) is 0 Å². The maximum atomic E-state index is 15.3. The second-order valence-corrected chi connectivity index (χ2v) is 19.5. The van der Waals surface area contributed by atoms with Gasteiger partial charge in [0.05, 0.1) is 52.9 Å². The van der Waals surface area contributed by atoms with Gasteiger partial charge < -0.3 is 14.2 Å². The summed E-state index contributed by atoms with van der Waals surface area (Å²) in [7, 11) is -8.81. The molecule has 0 saturated heterocycles. The topological polar surface area (TPSA) is 117 Å². The summed E-state index contributed by atoms with van der Waals surface area (Å²) in [5.41, 5.74) is 6.18. The summed E-state index contributed by atoms with van der Waals surface area (Å²) < 4.78 is 88.2. The van der Waals surface area contributed by atoms with Crippen LogP contribution in [0.25, 0.3) is 0 Å². The Bertz CT molecular complexity index is 2590. The van der Waals surface area contributed by atoms with E-state index in [0.29, 0.717) is 5.57 Å². The highest BCUT2D eigenvalue weighted by Gasteiger charge is 2.47. The molecule has 7 aromatic carbocycles. The molecule has 0 amide bonds. The van der Waals surface area contributed by atoms with Crippen molar-refractivity contribution in [3.63, 3.8) is 0 Å². The third-order valence-corrected chi connectivity index (χ3v) is 13.8. The largest absolute Gasteiger partial charge is 0.476 e. The van der Waals surface area contributed by atoms with Crippen LogP contribution >= 0.6 is 15.6 Å². The normalized spacial score (nSPS) is 17.3. The average Bonchev–Trinajstić information content (AvgIpc) is 3.41. The highest BCUT2D eigenvalue weighted by atomic mass is 31.2. The third-order valence-electron chi connectivity index (χ3n) is 11.1. The fourth-order valence-corrected chi connectivity index (χ4v) is 9.92. The third kappa shape index (κ3) is 15.7. The molecule has 0 aliphatic heterocycles. The summed E-state index contributed by atoms with van der Waals surface area (Å²) in [6.07, 6.45) is -2.28. The second kappa shape index (κ2) is 25.8. The lowest BCUT2D eigenvalue weighted by Gasteiger charge is -2.42. The number of phosphoric ester groups is 2. The van der Waals surface area contributed by atoms with Crippen molar-refractivity contribution < 1.29 is 50.5 Å². The van der Waals surface area contributed by atoms with Gasteiger partial charge in [-0.2, -0.15) is 0 Å². The number of hydrogen-bond donors (Lipinski definition) is 0. The predicted octanol–water partition coefficient (Wildman–Crippen LogP) is 13.2. The van der Waals surface area contributed by atoms with Crippen LogP contribution in [0.15, 0.2) is 224 Å². The minimum absolute atomic E-state index is 0.0511. The molecule has 1 aliphatic rings. The molecule has 356 valence electrons. The van der Waals surface area contributed by atoms with Gasteiger partial charge in [-0.15, -0.1) is 0 Å². The summed E-state index contributed by atoms with van der Waals surface area (Å²) in [6, 6.07) is 66.6. The van der Waals surface area contributed by atoms with Gasteiger partial charge in [0.2, 0.25) is 0 Å². The first-order chi connectivity index (χ1) is 33.9. The van der Waals surface area contributed by atoms with Gasteiger partial charge in [0.25, 0.3) is 0 Å². The van der Waals surface area contributed by atoms with Crippen LogP contribution < -0.4 is 0 Å². The smallest absolute Gasteiger partial charge is 0.368 e. The lowest BCUT2D eigenvalue weighted by atomic mass is 9.89. The summed E-state index contributed by atoms with van der Waals surface area (Å²) in [4.78, 5) is 0. The molecule has 1 aliphatic carbocycles. The molecule has 0 unspecified atom stereocenters. The summed E-state index contributed by atoms with van der Waals surface area (Å²) in [5, 5.41) is 0. The van der Waals surface area contributed by atoms with Crippen molar-refractivity contribution in [1.29, 1.82) is 0 Å². The molecular formula is C56H56O11P2. The van der Waals surface area contributed by atoms with E-state index in [1.807, 2.05) is 212 Å². The molecule has 11 nitrogen and oxygen atoms in total. The van der Waals surface area contributed by atoms with Crippen molar-refractivity contribution in [2.45, 2.75) is 70.7 Å². The Morgan fingerprint density at radius 3 is 0.928 bits per heavy atom. The van der Waals surface area contributed by atoms with Crippen molar-refractivity contribution in [3.05, 3.63) is 263 Å². The van der Waals surface area contributed by atoms with Crippen LogP contribution in [-0.4, -0.2) is 31.0 Å². The predicted molar refractivity (Wildman–Crippen MR) is 264 cm³/mol. The Balaban J connectivity index is 1.19. The van der Waals surface area contributed by atoms with E-state index in [4.69, 9.17) is 41.4 Å². The zero-order chi connectivity index (χ0) is 47.4. The first kappa shape index (κ1) is 49.8. The Morgan fingerprint density at radius 1 is 0.304 bits per heavy atom. The Morgan fingerprint density at radius 2 is 0.580 bits per heavy atom. The Kier molecular flexibility index (Phi) is 18.6. The van der Waals surface area contributed by atoms with Crippen LogP contribution in [0, 0.1) is 0 Å². The van der Waals surface area contributed by atoms with Gasteiger partial charge in [0.1, 0.15) is 24.4 Å². The lowest BCUT2D eigenvalue weighted by Crippen LogP contribution is -2.53. The van der Waals surface area contributed by atoms with Crippen LogP contribution in [0.2, 0.25) is 0 Å². The SMILES string of the molecule is O=P(OCC1=C[C@@H](OP(=O)(OCc2ccccc2)OCc2ccccc2)[C@H](OCc2ccccc2)[C@@H](OCc2ccccc2)[C@@H]1OCc1ccccc1)(OCc1ccccc1)OCc1ccccc1. The van der Waals surface area contributed by atoms with Crippen LogP contribution in [0.3, 0.4) is 0 Å². The first-order valence-corrected chi connectivity index (χ1v) is 25.7. The lowest BCUT2D eigenvalue weighted by molar-refractivity contribution is -0.171. The standard InChI is InChI=1S/C56H56O11P2/c57-68(62-40-48-28-14-4-15-29-48,63-41-49-30-16-5-17-31-49)66-44-52-36-53(67-69(58,64-42-50-32-18-6-19-33-50)65-43-51-34-20-7-21-35-51)55(60-38-46-24-10-2-11-25-46)56(61-39-47-26-12-3-13-27-47)54(52)59-37-45-22-8-1-9-23-45/h1-36,53-56H,37-44H2/t53-,54-,55+,56+/m1/s1. The minimum atomic E-state index is -4.47. The molecule has 0 aromatic heterocycles. The molecule has 0 radical (unpaired) electrons. The van der Waals surface area contributed by atoms with Crippen molar-refractivity contribution in [1.82, 2.24) is 0 Å². The van der Waals surface area contributed by atoms with Crippen molar-refractivity contribution >= 4 is 15.6 Å². The molecular weight excluding hydrogens is 911 g/mol. The van der Waals surface area contributed by atoms with Crippen molar-refractivity contribution in [2.24, 2.45) is 0 Å². The molecule has 69 heavy (non-hydrogen) atoms. The molecule has 8 rings (SSSR count). The number of rotatable bonds is 26. The minimum Gasteiger partial charge on any atom is -0.368 e. The molecule has 13 heteroatoms. The van der Waals surface area contributed by atoms with E-state index < -0.39 is 40.1 Å². The molecule has 0 heterocycles. The number of ether oxygens (including phenoxy) is 3. The van der Waals surface area contributed by atoms with Gasteiger partial charge in [-0.05, 0) is 50.6 Å². The molecule has 0 fully saturated rings. The van der Waals surface area contributed by atoms with Gasteiger partial charge in [-0.25, -0.2) is 9.13 Å². The van der Waals surface area contributed by atoms with Gasteiger partial charge in [-0.1, -0.05) is 212 Å². The molecule has 0 spiro atoms. The van der Waals surface area contributed by atoms with Crippen LogP contribution in [-0.2, 0) is 96.7 Å². The molecule has 0 saturated carbocycles. The van der Waals surface area contributed by atoms with E-state index in [2.05, 4.69) is 0 Å². The van der Waals surface area contributed by atoms with Crippen molar-refractivity contribution in [3.8, 4) is 0 Å². The summed E-state index contributed by atoms with van der Waals surface area (Å²) >= 11 is 0. The number of phosphoric acid groups is 2. The Labute approximate surface area is 404 Å². The van der Waals surface area contributed by atoms with Gasteiger partial charge >= 0.3 is 15.6 Å². The monoisotopic (exact) mass is 966 g/mol. The number of benzene rings is 7. The van der Waals surface area contributed by atoms with Crippen molar-refractivity contribution in [2.75, 3.05) is 6.61 Å². The summed E-state index contributed by atoms with van der Waals surface area (Å²) in [6.45, 7) is -0.146. The highest BCUT2D eigenvalue weighted by Crippen LogP contribution is 2.55. The van der Waals surface area contributed by atoms with Crippen LogP contribution in [0.5, 0.6) is 0 Å². The molecule has 0 bridgehead atoms. The van der Waals surface area contributed by atoms with E-state index in [1.165, 1.54) is 0 Å². The van der Waals surface area contributed by atoms with E-state index in [-0.39, 0.29) is 52.9 Å². The average molecular weight is 967 g/mol. The first-order valence-electron chi connectivity index (χ1n) is 22.8. The van der Waals surface area contributed by atoms with E-state index in [9.17, 15) is 4.57 Å². The molecule has 7 aromatic rings.